The molecule has 1 atom stereocenters. The zero-order chi connectivity index (χ0) is 22.0. The number of piperidine rings is 1. The largest absolute Gasteiger partial charge is 0.497 e. The number of ether oxygens (including phenoxy) is 1. The number of carbonyl (C=O) groups is 2. The van der Waals surface area contributed by atoms with Crippen LogP contribution in [0, 0.1) is 0 Å². The molecule has 168 valence electrons. The van der Waals surface area contributed by atoms with Gasteiger partial charge in [0.25, 0.3) is 5.24 Å². The van der Waals surface area contributed by atoms with Crippen LogP contribution in [0.2, 0.25) is 0 Å². The molecule has 2 fully saturated rings. The van der Waals surface area contributed by atoms with Gasteiger partial charge in [0.2, 0.25) is 5.91 Å². The van der Waals surface area contributed by atoms with Crippen LogP contribution in [0.3, 0.4) is 0 Å². The van der Waals surface area contributed by atoms with Crippen molar-refractivity contribution in [1.29, 1.82) is 0 Å². The van der Waals surface area contributed by atoms with Crippen molar-refractivity contribution in [1.82, 2.24) is 15.1 Å². The Hall–Kier alpha value is -1.38. The molecule has 1 N–H and O–H groups in total. The van der Waals surface area contributed by atoms with Crippen molar-refractivity contribution in [2.45, 2.75) is 50.7 Å². The van der Waals surface area contributed by atoms with Crippen molar-refractivity contribution in [2.75, 3.05) is 38.8 Å². The number of para-hydroxylation sites is 1. The Labute approximate surface area is 190 Å². The number of carbonyl (C=O) groups excluding carboxylic acids is 2. The summed E-state index contributed by atoms with van der Waals surface area (Å²) >= 11 is 5.69. The Morgan fingerprint density at radius 3 is 2.47 bits per heavy atom. The van der Waals surface area contributed by atoms with Gasteiger partial charge in [-0.05, 0) is 37.0 Å². The second-order valence-corrected chi connectivity index (χ2v) is 9.01. The molecule has 1 spiro atoms. The van der Waals surface area contributed by atoms with Crippen molar-refractivity contribution in [3.63, 3.8) is 0 Å². The number of amides is 2. The van der Waals surface area contributed by atoms with Gasteiger partial charge in [-0.25, -0.2) is 0 Å². The highest BCUT2D eigenvalue weighted by molar-refractivity contribution is 7.98. The van der Waals surface area contributed by atoms with Crippen LogP contribution in [-0.2, 0) is 4.79 Å². The third-order valence-electron chi connectivity index (χ3n) is 5.71. The third-order valence-corrected chi connectivity index (χ3v) is 6.64. The van der Waals surface area contributed by atoms with E-state index in [1.165, 1.54) is 0 Å². The Morgan fingerprint density at radius 2 is 1.97 bits per heavy atom. The van der Waals surface area contributed by atoms with Gasteiger partial charge in [0.05, 0.1) is 18.8 Å². The quantitative estimate of drug-likeness (QED) is 0.614. The number of unbranched alkanes of at least 4 members (excludes halogenated alkanes) is 1. The molecule has 0 radical (unpaired) electrons. The van der Waals surface area contributed by atoms with E-state index < -0.39 is 0 Å². The minimum Gasteiger partial charge on any atom is -0.497 e. The van der Waals surface area contributed by atoms with Crippen LogP contribution in [0.1, 0.15) is 39.0 Å². The number of thioether (sulfide) groups is 1. The van der Waals surface area contributed by atoms with E-state index >= 15 is 0 Å². The van der Waals surface area contributed by atoms with Gasteiger partial charge < -0.3 is 14.5 Å². The Kier molecular flexibility index (Phi) is 10.3. The first-order valence-corrected chi connectivity index (χ1v) is 12.5. The molecule has 0 bridgehead atoms. The Bertz CT molecular complexity index is 667. The first kappa shape index (κ1) is 24.9. The smallest absolute Gasteiger partial charge is 0.278 e. The minimum absolute atomic E-state index is 0.0671. The standard InChI is InChI=1S/C15H27N3O2S2.C7H8O/c1-3-4-8-18-13(19)12(5-11-22-2)16-15(18)6-9-17(10-7-15)14(20)21;1-8-7-5-3-2-4-6-7/h12,16H,3-11H2,1-2H3,(H,20,21);2-6H,1H3. The van der Waals surface area contributed by atoms with E-state index in [0.717, 1.165) is 50.2 Å². The first-order chi connectivity index (χ1) is 14.5. The van der Waals surface area contributed by atoms with E-state index in [-0.39, 0.29) is 22.9 Å². The number of nitrogens with one attached hydrogen (secondary N) is 1. The van der Waals surface area contributed by atoms with Gasteiger partial charge in [-0.2, -0.15) is 11.8 Å². The summed E-state index contributed by atoms with van der Waals surface area (Å²) in [6.07, 6.45) is 6.64. The molecule has 2 amide bonds. The average molecular weight is 454 g/mol. The predicted molar refractivity (Wildman–Crippen MR) is 127 cm³/mol. The van der Waals surface area contributed by atoms with Crippen LogP contribution in [-0.4, -0.2) is 71.4 Å². The topological polar surface area (TPSA) is 61.9 Å². The van der Waals surface area contributed by atoms with Crippen molar-refractivity contribution in [3.05, 3.63) is 30.3 Å². The molecule has 3 rings (SSSR count). The van der Waals surface area contributed by atoms with Gasteiger partial charge in [0.15, 0.2) is 0 Å². The van der Waals surface area contributed by atoms with Gasteiger partial charge in [-0.15, -0.1) is 0 Å². The maximum Gasteiger partial charge on any atom is 0.278 e. The second-order valence-electron chi connectivity index (χ2n) is 7.64. The minimum atomic E-state index is -0.255. The van der Waals surface area contributed by atoms with Crippen LogP contribution < -0.4 is 10.1 Å². The molecule has 30 heavy (non-hydrogen) atoms. The summed E-state index contributed by atoms with van der Waals surface area (Å²) in [5.41, 5.74) is -0.255. The van der Waals surface area contributed by atoms with E-state index in [9.17, 15) is 9.59 Å². The lowest BCUT2D eigenvalue weighted by Gasteiger charge is -2.44. The lowest BCUT2D eigenvalue weighted by molar-refractivity contribution is -0.133. The zero-order valence-corrected chi connectivity index (χ0v) is 20.0. The molecule has 1 aromatic rings. The fourth-order valence-corrected chi connectivity index (χ4v) is 4.64. The molecule has 0 aliphatic carbocycles. The summed E-state index contributed by atoms with van der Waals surface area (Å²) in [6, 6.07) is 9.61. The number of hydrogen-bond donors (Lipinski definition) is 2. The van der Waals surface area contributed by atoms with Crippen LogP contribution in [0.4, 0.5) is 4.79 Å². The predicted octanol–water partition coefficient (Wildman–Crippen LogP) is 3.88. The Morgan fingerprint density at radius 1 is 1.30 bits per heavy atom. The molecule has 0 aromatic heterocycles. The molecule has 6 nitrogen and oxygen atoms in total. The summed E-state index contributed by atoms with van der Waals surface area (Å²) in [6.45, 7) is 4.29. The molecular formula is C22H35N3O3S2. The van der Waals surface area contributed by atoms with Crippen molar-refractivity contribution < 1.29 is 14.3 Å². The second kappa shape index (κ2) is 12.5. The highest BCUT2D eigenvalue weighted by Gasteiger charge is 2.50. The van der Waals surface area contributed by atoms with Crippen LogP contribution in [0.15, 0.2) is 30.3 Å². The third kappa shape index (κ3) is 6.56. The van der Waals surface area contributed by atoms with Crippen LogP contribution >= 0.6 is 24.4 Å². The van der Waals surface area contributed by atoms with E-state index in [2.05, 4.69) is 36.0 Å². The molecule has 2 aliphatic rings. The zero-order valence-electron chi connectivity index (χ0n) is 18.3. The SMILES string of the molecule is CCCCN1C(=O)C(CCSC)NC12CCN(C(=O)S)CC2.COc1ccccc1. The molecule has 2 saturated heterocycles. The molecule has 1 aromatic carbocycles. The molecular weight excluding hydrogens is 418 g/mol. The van der Waals surface area contributed by atoms with Gasteiger partial charge in [-0.1, -0.05) is 44.2 Å². The van der Waals surface area contributed by atoms with Gasteiger partial charge in [-0.3, -0.25) is 14.9 Å². The fraction of sp³-hybridized carbons (Fsp3) is 0.636. The van der Waals surface area contributed by atoms with Crippen LogP contribution in [0.5, 0.6) is 5.75 Å². The van der Waals surface area contributed by atoms with E-state index in [1.807, 2.05) is 30.3 Å². The van der Waals surface area contributed by atoms with E-state index in [1.54, 1.807) is 23.8 Å². The normalized spacial score (nSPS) is 20.1. The van der Waals surface area contributed by atoms with Crippen LogP contribution in [0.25, 0.3) is 0 Å². The molecule has 0 saturated carbocycles. The monoisotopic (exact) mass is 453 g/mol. The highest BCUT2D eigenvalue weighted by Crippen LogP contribution is 2.34. The van der Waals surface area contributed by atoms with E-state index in [0.29, 0.717) is 13.1 Å². The maximum absolute atomic E-state index is 12.8. The fourth-order valence-electron chi connectivity index (χ4n) is 3.97. The highest BCUT2D eigenvalue weighted by atomic mass is 32.2. The number of likely N-dealkylation sites (tertiary alicyclic amines) is 1. The lowest BCUT2D eigenvalue weighted by atomic mass is 9.96. The number of hydrogen-bond acceptors (Lipinski definition) is 5. The average Bonchev–Trinajstić information content (AvgIpc) is 3.02. The number of methoxy groups -OCH3 is 1. The lowest BCUT2D eigenvalue weighted by Crippen LogP contribution is -2.59. The summed E-state index contributed by atoms with van der Waals surface area (Å²) < 4.78 is 4.91. The molecule has 1 unspecified atom stereocenters. The summed E-state index contributed by atoms with van der Waals surface area (Å²) in [4.78, 5) is 28.0. The molecule has 2 aliphatic heterocycles. The summed E-state index contributed by atoms with van der Waals surface area (Å²) in [7, 11) is 1.66. The first-order valence-electron chi connectivity index (χ1n) is 10.6. The van der Waals surface area contributed by atoms with Gasteiger partial charge in [0, 0.05) is 32.5 Å². The number of thiol groups is 1. The summed E-state index contributed by atoms with van der Waals surface area (Å²) in [5, 5.41) is 3.44. The summed E-state index contributed by atoms with van der Waals surface area (Å²) in [5.74, 6) is 2.14. The molecule has 2 heterocycles. The van der Waals surface area contributed by atoms with Gasteiger partial charge in [0.1, 0.15) is 5.75 Å². The maximum atomic E-state index is 12.8. The van der Waals surface area contributed by atoms with Crippen molar-refractivity contribution >= 4 is 35.5 Å². The van der Waals surface area contributed by atoms with Crippen molar-refractivity contribution in [2.24, 2.45) is 0 Å². The van der Waals surface area contributed by atoms with Crippen molar-refractivity contribution in [3.8, 4) is 5.75 Å². The number of benzene rings is 1. The number of nitrogens with zero attached hydrogens (tertiary/aromatic N) is 2. The number of rotatable bonds is 7. The molecule has 8 heteroatoms. The Balaban J connectivity index is 0.000000335. The van der Waals surface area contributed by atoms with E-state index in [4.69, 9.17) is 4.74 Å². The van der Waals surface area contributed by atoms with Gasteiger partial charge >= 0.3 is 0 Å².